The number of carbonyl (C=O) groups excluding carboxylic acids is 2. The molecule has 1 N–H and O–H groups in total. The molecule has 2 amide bonds. The second-order valence-corrected chi connectivity index (χ2v) is 9.58. The molecule has 194 valence electrons. The summed E-state index contributed by atoms with van der Waals surface area (Å²) in [6.45, 7) is 3.10. The van der Waals surface area contributed by atoms with Crippen LogP contribution in [0.25, 0.3) is 0 Å². The molecule has 1 aliphatic heterocycles. The predicted molar refractivity (Wildman–Crippen MR) is 147 cm³/mol. The van der Waals surface area contributed by atoms with E-state index in [1.807, 2.05) is 103 Å². The zero-order chi connectivity index (χ0) is 26.2. The van der Waals surface area contributed by atoms with Crippen LogP contribution in [-0.4, -0.2) is 74.0 Å². The van der Waals surface area contributed by atoms with E-state index in [0.717, 1.165) is 29.8 Å². The van der Waals surface area contributed by atoms with Crippen molar-refractivity contribution >= 4 is 17.5 Å². The molecule has 37 heavy (non-hydrogen) atoms. The van der Waals surface area contributed by atoms with Gasteiger partial charge in [0, 0.05) is 62.3 Å². The van der Waals surface area contributed by atoms with Gasteiger partial charge in [0.25, 0.3) is 11.8 Å². The molecule has 0 aromatic heterocycles. The average Bonchev–Trinajstić information content (AvgIpc) is 3.17. The van der Waals surface area contributed by atoms with Crippen LogP contribution in [0.3, 0.4) is 0 Å². The fourth-order valence-corrected chi connectivity index (χ4v) is 4.59. The molecular formula is C30H36N4O3. The first-order chi connectivity index (χ1) is 18.0. The fourth-order valence-electron chi connectivity index (χ4n) is 4.59. The number of nitrogens with one attached hydrogen (secondary N) is 1. The van der Waals surface area contributed by atoms with Gasteiger partial charge < -0.3 is 24.8 Å². The summed E-state index contributed by atoms with van der Waals surface area (Å²) in [7, 11) is 5.68. The number of anilines is 1. The molecule has 0 bridgehead atoms. The number of amides is 2. The lowest BCUT2D eigenvalue weighted by atomic mass is 10.1. The number of ether oxygens (including phenoxy) is 1. The summed E-state index contributed by atoms with van der Waals surface area (Å²) in [5.41, 5.74) is 4.16. The summed E-state index contributed by atoms with van der Waals surface area (Å²) in [5.74, 6) is -0.0108. The number of rotatable bonds is 12. The molecule has 0 radical (unpaired) electrons. The number of hydrogen-bond donors (Lipinski definition) is 1. The van der Waals surface area contributed by atoms with E-state index in [0.29, 0.717) is 37.4 Å². The van der Waals surface area contributed by atoms with Gasteiger partial charge >= 0.3 is 0 Å². The number of hydrogen-bond acceptors (Lipinski definition) is 5. The molecule has 0 saturated heterocycles. The minimum absolute atomic E-state index is 0.00848. The SMILES string of the molecule is COCCCN1C(=O)c2ccccc2C1Nc1cccc(C(=O)N(CCN(C)C)Cc2ccccc2)c1. The third-order valence-corrected chi connectivity index (χ3v) is 6.54. The highest BCUT2D eigenvalue weighted by atomic mass is 16.5. The Morgan fingerprint density at radius 2 is 1.73 bits per heavy atom. The highest BCUT2D eigenvalue weighted by molar-refractivity contribution is 5.99. The van der Waals surface area contributed by atoms with Crippen molar-refractivity contribution < 1.29 is 14.3 Å². The lowest BCUT2D eigenvalue weighted by molar-refractivity contribution is 0.0716. The van der Waals surface area contributed by atoms with Crippen LogP contribution in [0.2, 0.25) is 0 Å². The van der Waals surface area contributed by atoms with E-state index in [2.05, 4.69) is 10.2 Å². The normalized spacial score (nSPS) is 14.6. The van der Waals surface area contributed by atoms with Crippen LogP contribution in [-0.2, 0) is 11.3 Å². The summed E-state index contributed by atoms with van der Waals surface area (Å²) in [5, 5.41) is 3.52. The van der Waals surface area contributed by atoms with Crippen LogP contribution in [0.15, 0.2) is 78.9 Å². The molecule has 1 unspecified atom stereocenters. The van der Waals surface area contributed by atoms with E-state index in [9.17, 15) is 9.59 Å². The number of likely N-dealkylation sites (N-methyl/N-ethyl adjacent to an activating group) is 1. The maximum absolute atomic E-state index is 13.6. The Morgan fingerprint density at radius 1 is 0.973 bits per heavy atom. The molecular weight excluding hydrogens is 464 g/mol. The Morgan fingerprint density at radius 3 is 2.49 bits per heavy atom. The van der Waals surface area contributed by atoms with E-state index in [4.69, 9.17) is 4.74 Å². The van der Waals surface area contributed by atoms with Crippen LogP contribution >= 0.6 is 0 Å². The lowest BCUT2D eigenvalue weighted by Crippen LogP contribution is -2.36. The van der Waals surface area contributed by atoms with Crippen molar-refractivity contribution in [3.05, 3.63) is 101 Å². The van der Waals surface area contributed by atoms with Crippen molar-refractivity contribution in [2.75, 3.05) is 52.8 Å². The van der Waals surface area contributed by atoms with Crippen LogP contribution in [0.4, 0.5) is 5.69 Å². The molecule has 3 aromatic rings. The molecule has 0 saturated carbocycles. The minimum atomic E-state index is -0.305. The molecule has 3 aromatic carbocycles. The van der Waals surface area contributed by atoms with Gasteiger partial charge in [-0.2, -0.15) is 0 Å². The Labute approximate surface area is 219 Å². The molecule has 1 atom stereocenters. The zero-order valence-corrected chi connectivity index (χ0v) is 21.9. The maximum atomic E-state index is 13.6. The number of nitrogens with zero attached hydrogens (tertiary/aromatic N) is 3. The summed E-state index contributed by atoms with van der Waals surface area (Å²) in [6, 6.07) is 25.3. The molecule has 0 spiro atoms. The average molecular weight is 501 g/mol. The maximum Gasteiger partial charge on any atom is 0.256 e. The van der Waals surface area contributed by atoms with Gasteiger partial charge in [-0.3, -0.25) is 9.59 Å². The van der Waals surface area contributed by atoms with Gasteiger partial charge in [-0.05, 0) is 50.3 Å². The quantitative estimate of drug-likeness (QED) is 0.371. The Hall–Kier alpha value is -3.68. The molecule has 1 heterocycles. The van der Waals surface area contributed by atoms with Gasteiger partial charge in [0.05, 0.1) is 0 Å². The van der Waals surface area contributed by atoms with E-state index >= 15 is 0 Å². The number of methoxy groups -OCH3 is 1. The first kappa shape index (κ1) is 26.4. The number of carbonyl (C=O) groups is 2. The van der Waals surface area contributed by atoms with Crippen LogP contribution in [0.1, 0.15) is 44.4 Å². The van der Waals surface area contributed by atoms with Crippen molar-refractivity contribution in [3.8, 4) is 0 Å². The van der Waals surface area contributed by atoms with Crippen LogP contribution < -0.4 is 5.32 Å². The van der Waals surface area contributed by atoms with E-state index < -0.39 is 0 Å². The largest absolute Gasteiger partial charge is 0.385 e. The van der Waals surface area contributed by atoms with Gasteiger partial charge in [0.15, 0.2) is 0 Å². The number of fused-ring (bicyclic) bond motifs is 1. The van der Waals surface area contributed by atoms with E-state index in [-0.39, 0.29) is 18.0 Å². The lowest BCUT2D eigenvalue weighted by Gasteiger charge is -2.28. The van der Waals surface area contributed by atoms with Crippen molar-refractivity contribution in [2.45, 2.75) is 19.1 Å². The van der Waals surface area contributed by atoms with Gasteiger partial charge in [0.1, 0.15) is 6.17 Å². The van der Waals surface area contributed by atoms with Gasteiger partial charge in [-0.1, -0.05) is 54.6 Å². The summed E-state index contributed by atoms with van der Waals surface area (Å²) in [6.07, 6.45) is 0.438. The highest BCUT2D eigenvalue weighted by Gasteiger charge is 2.36. The highest BCUT2D eigenvalue weighted by Crippen LogP contribution is 2.34. The second-order valence-electron chi connectivity index (χ2n) is 9.58. The first-order valence-corrected chi connectivity index (χ1v) is 12.7. The molecule has 1 aliphatic rings. The van der Waals surface area contributed by atoms with E-state index in [1.54, 1.807) is 7.11 Å². The van der Waals surface area contributed by atoms with Crippen molar-refractivity contribution in [1.29, 1.82) is 0 Å². The number of benzene rings is 3. The molecule has 0 fully saturated rings. The summed E-state index contributed by atoms with van der Waals surface area (Å²) in [4.78, 5) is 32.6. The van der Waals surface area contributed by atoms with E-state index in [1.165, 1.54) is 0 Å². The molecule has 7 nitrogen and oxygen atoms in total. The van der Waals surface area contributed by atoms with Gasteiger partial charge in [0.2, 0.25) is 0 Å². The fraction of sp³-hybridized carbons (Fsp3) is 0.333. The second kappa shape index (κ2) is 12.5. The predicted octanol–water partition coefficient (Wildman–Crippen LogP) is 4.49. The molecule has 0 aliphatic carbocycles. The Bertz CT molecular complexity index is 1200. The third kappa shape index (κ3) is 6.56. The summed E-state index contributed by atoms with van der Waals surface area (Å²) >= 11 is 0. The Balaban J connectivity index is 1.56. The molecule has 4 rings (SSSR count). The smallest absolute Gasteiger partial charge is 0.256 e. The monoisotopic (exact) mass is 500 g/mol. The van der Waals surface area contributed by atoms with Crippen LogP contribution in [0.5, 0.6) is 0 Å². The van der Waals surface area contributed by atoms with Crippen LogP contribution in [0, 0.1) is 0 Å². The van der Waals surface area contributed by atoms with Crippen molar-refractivity contribution in [3.63, 3.8) is 0 Å². The van der Waals surface area contributed by atoms with Gasteiger partial charge in [-0.15, -0.1) is 0 Å². The van der Waals surface area contributed by atoms with Crippen molar-refractivity contribution in [1.82, 2.24) is 14.7 Å². The molecule has 7 heteroatoms. The van der Waals surface area contributed by atoms with Crippen molar-refractivity contribution in [2.24, 2.45) is 0 Å². The Kier molecular flexibility index (Phi) is 8.93. The first-order valence-electron chi connectivity index (χ1n) is 12.7. The zero-order valence-electron chi connectivity index (χ0n) is 21.9. The van der Waals surface area contributed by atoms with Gasteiger partial charge in [-0.25, -0.2) is 0 Å². The topological polar surface area (TPSA) is 65.1 Å². The third-order valence-electron chi connectivity index (χ3n) is 6.54. The standard InChI is InChI=1S/C30H36N4O3/c1-32(2)18-19-33(22-23-11-5-4-6-12-23)29(35)24-13-9-14-25(21-24)31-28-26-15-7-8-16-27(26)30(36)34(28)17-10-20-37-3/h4-9,11-16,21,28,31H,10,17-20,22H2,1-3H3. The summed E-state index contributed by atoms with van der Waals surface area (Å²) < 4.78 is 5.21. The minimum Gasteiger partial charge on any atom is -0.385 e.